The van der Waals surface area contributed by atoms with Gasteiger partial charge in [-0.3, -0.25) is 14.8 Å². The van der Waals surface area contributed by atoms with Crippen molar-refractivity contribution in [2.24, 2.45) is 0 Å². The lowest BCUT2D eigenvalue weighted by Crippen LogP contribution is -2.38. The Morgan fingerprint density at radius 1 is 1.20 bits per heavy atom. The van der Waals surface area contributed by atoms with Gasteiger partial charge in [0.1, 0.15) is 11.4 Å². The molecule has 1 unspecified atom stereocenters. The molecule has 2 aromatic carbocycles. The summed E-state index contributed by atoms with van der Waals surface area (Å²) in [5.74, 6) is -1.53. The van der Waals surface area contributed by atoms with Crippen molar-refractivity contribution in [1.29, 1.82) is 0 Å². The summed E-state index contributed by atoms with van der Waals surface area (Å²) < 4.78 is 5.77. The van der Waals surface area contributed by atoms with Crippen molar-refractivity contribution in [3.8, 4) is 5.75 Å². The minimum atomic E-state index is -1.78. The highest BCUT2D eigenvalue weighted by molar-refractivity contribution is 9.10. The highest BCUT2D eigenvalue weighted by atomic mass is 79.9. The largest absolute Gasteiger partial charge is 0.497 e. The van der Waals surface area contributed by atoms with Gasteiger partial charge in [0, 0.05) is 17.1 Å². The Morgan fingerprint density at radius 3 is 2.48 bits per heavy atom. The van der Waals surface area contributed by atoms with Gasteiger partial charge in [-0.1, -0.05) is 46.3 Å². The minimum absolute atomic E-state index is 0.203. The number of halogens is 1. The van der Waals surface area contributed by atoms with Crippen LogP contribution in [0, 0.1) is 0 Å². The fourth-order valence-corrected chi connectivity index (χ4v) is 3.13. The van der Waals surface area contributed by atoms with Gasteiger partial charge in [-0.05, 0) is 23.8 Å². The van der Waals surface area contributed by atoms with Gasteiger partial charge in [-0.25, -0.2) is 5.06 Å². The summed E-state index contributed by atoms with van der Waals surface area (Å²) >= 11 is 3.37. The van der Waals surface area contributed by atoms with E-state index in [1.165, 1.54) is 7.11 Å². The zero-order valence-electron chi connectivity index (χ0n) is 13.8. The topological polar surface area (TPSA) is 87.1 Å². The minimum Gasteiger partial charge on any atom is -0.497 e. The molecule has 7 heteroatoms. The van der Waals surface area contributed by atoms with Crippen LogP contribution in [0.5, 0.6) is 5.75 Å². The Hall–Kier alpha value is -2.22. The van der Waals surface area contributed by atoms with Crippen molar-refractivity contribution in [2.45, 2.75) is 12.0 Å². The maximum Gasteiger partial charge on any atom is 0.313 e. The fraction of sp³-hybridized carbons (Fsp3) is 0.222. The van der Waals surface area contributed by atoms with Crippen molar-refractivity contribution in [1.82, 2.24) is 5.06 Å². The molecule has 1 amide bonds. The summed E-state index contributed by atoms with van der Waals surface area (Å²) in [7, 11) is 2.55. The van der Waals surface area contributed by atoms with Gasteiger partial charge in [-0.2, -0.15) is 0 Å². The van der Waals surface area contributed by atoms with E-state index in [1.54, 1.807) is 48.5 Å². The average Bonchev–Trinajstić information content (AvgIpc) is 2.61. The van der Waals surface area contributed by atoms with E-state index in [-0.39, 0.29) is 5.06 Å². The Morgan fingerprint density at radius 2 is 1.88 bits per heavy atom. The number of hydroxylamine groups is 2. The number of carbonyl (C=O) groups excluding carboxylic acids is 2. The van der Waals surface area contributed by atoms with E-state index >= 15 is 0 Å². The number of benzene rings is 2. The van der Waals surface area contributed by atoms with Gasteiger partial charge >= 0.3 is 5.91 Å². The number of likely N-dealkylation sites (N-methyl/N-ethyl adjacent to an activating group) is 1. The van der Waals surface area contributed by atoms with Crippen LogP contribution in [-0.4, -0.2) is 41.2 Å². The SMILES string of the molecule is COc1cccc(C(O)(CC(=O)C(=O)N(C)O)c2ccccc2Br)c1. The van der Waals surface area contributed by atoms with E-state index in [4.69, 9.17) is 4.74 Å². The van der Waals surface area contributed by atoms with Crippen LogP contribution in [0.3, 0.4) is 0 Å². The Kier molecular flexibility index (Phi) is 5.94. The highest BCUT2D eigenvalue weighted by Gasteiger charge is 2.38. The van der Waals surface area contributed by atoms with Crippen LogP contribution in [0.15, 0.2) is 53.0 Å². The van der Waals surface area contributed by atoms with Crippen molar-refractivity contribution in [2.75, 3.05) is 14.2 Å². The summed E-state index contributed by atoms with van der Waals surface area (Å²) in [6, 6.07) is 13.5. The summed E-state index contributed by atoms with van der Waals surface area (Å²) in [4.78, 5) is 24.0. The van der Waals surface area contributed by atoms with Gasteiger partial charge in [0.25, 0.3) is 0 Å². The van der Waals surface area contributed by atoms with E-state index < -0.39 is 23.7 Å². The number of Topliss-reactive ketones (excluding diaryl/α,β-unsaturated/α-hetero) is 1. The lowest BCUT2D eigenvalue weighted by Gasteiger charge is -2.30. The predicted octanol–water partition coefficient (Wildman–Crippen LogP) is 2.50. The molecular formula is C18H18BrNO5. The number of hydrogen-bond acceptors (Lipinski definition) is 5. The average molecular weight is 408 g/mol. The first-order valence-corrected chi connectivity index (χ1v) is 8.20. The normalized spacial score (nSPS) is 13.0. The third kappa shape index (κ3) is 4.07. The number of methoxy groups -OCH3 is 1. The van der Waals surface area contributed by atoms with Gasteiger partial charge in [0.15, 0.2) is 0 Å². The molecule has 0 saturated carbocycles. The van der Waals surface area contributed by atoms with Crippen LogP contribution in [0.25, 0.3) is 0 Å². The maximum absolute atomic E-state index is 12.3. The number of amides is 1. The molecule has 0 radical (unpaired) electrons. The summed E-state index contributed by atoms with van der Waals surface area (Å²) in [5.41, 5.74) is -0.970. The van der Waals surface area contributed by atoms with Crippen molar-refractivity contribution < 1.29 is 24.6 Å². The van der Waals surface area contributed by atoms with Crippen LogP contribution in [0.2, 0.25) is 0 Å². The second kappa shape index (κ2) is 7.77. The van der Waals surface area contributed by atoms with Crippen LogP contribution >= 0.6 is 15.9 Å². The summed E-state index contributed by atoms with van der Waals surface area (Å²) in [6.07, 6.45) is -0.535. The van der Waals surface area contributed by atoms with Gasteiger partial charge in [0.05, 0.1) is 13.5 Å². The summed E-state index contributed by atoms with van der Waals surface area (Å²) in [6.45, 7) is 0. The molecule has 0 bridgehead atoms. The number of aliphatic hydroxyl groups is 1. The van der Waals surface area contributed by atoms with Crippen LogP contribution in [-0.2, 0) is 15.2 Å². The van der Waals surface area contributed by atoms with Gasteiger partial charge < -0.3 is 9.84 Å². The second-order valence-corrected chi connectivity index (χ2v) is 6.36. The van der Waals surface area contributed by atoms with Crippen LogP contribution < -0.4 is 4.74 Å². The Labute approximate surface area is 153 Å². The lowest BCUT2D eigenvalue weighted by molar-refractivity contribution is -0.166. The van der Waals surface area contributed by atoms with Crippen molar-refractivity contribution >= 4 is 27.6 Å². The second-order valence-electron chi connectivity index (χ2n) is 5.50. The first-order chi connectivity index (χ1) is 11.8. The van der Waals surface area contributed by atoms with Crippen molar-refractivity contribution in [3.63, 3.8) is 0 Å². The molecular weight excluding hydrogens is 390 g/mol. The van der Waals surface area contributed by atoms with E-state index in [0.717, 1.165) is 7.05 Å². The molecule has 0 aliphatic rings. The third-order valence-electron chi connectivity index (χ3n) is 3.82. The van der Waals surface area contributed by atoms with E-state index in [9.17, 15) is 19.9 Å². The molecule has 0 spiro atoms. The number of nitrogens with zero attached hydrogens (tertiary/aromatic N) is 1. The Bertz CT molecular complexity index is 793. The molecule has 0 aromatic heterocycles. The number of ketones is 1. The van der Waals surface area contributed by atoms with Gasteiger partial charge in [0.2, 0.25) is 5.78 Å². The zero-order chi connectivity index (χ0) is 18.6. The third-order valence-corrected chi connectivity index (χ3v) is 4.51. The van der Waals surface area contributed by atoms with Gasteiger partial charge in [-0.15, -0.1) is 0 Å². The monoisotopic (exact) mass is 407 g/mol. The standard InChI is InChI=1S/C18H18BrNO5/c1-20(24)17(22)16(21)11-18(23,14-8-3-4-9-15(14)19)12-6-5-7-13(10-12)25-2/h3-10,23-24H,11H2,1-2H3. The first-order valence-electron chi connectivity index (χ1n) is 7.41. The first kappa shape index (κ1) is 19.1. The smallest absolute Gasteiger partial charge is 0.313 e. The molecule has 132 valence electrons. The molecule has 2 aromatic rings. The fourth-order valence-electron chi connectivity index (χ4n) is 2.52. The number of rotatable bonds is 6. The quantitative estimate of drug-likeness (QED) is 0.436. The maximum atomic E-state index is 12.3. The lowest BCUT2D eigenvalue weighted by atomic mass is 9.82. The number of hydrogen-bond donors (Lipinski definition) is 2. The van der Waals surface area contributed by atoms with Crippen LogP contribution in [0.1, 0.15) is 17.5 Å². The molecule has 0 aliphatic heterocycles. The predicted molar refractivity (Wildman–Crippen MR) is 94.3 cm³/mol. The molecule has 25 heavy (non-hydrogen) atoms. The molecule has 0 aliphatic carbocycles. The highest BCUT2D eigenvalue weighted by Crippen LogP contribution is 2.38. The molecule has 1 atom stereocenters. The zero-order valence-corrected chi connectivity index (χ0v) is 15.4. The summed E-state index contributed by atoms with van der Waals surface area (Å²) in [5, 5.41) is 20.8. The molecule has 2 N–H and O–H groups in total. The Balaban J connectivity index is 2.57. The molecule has 0 heterocycles. The number of carbonyl (C=O) groups is 2. The van der Waals surface area contributed by atoms with Crippen LogP contribution in [0.4, 0.5) is 0 Å². The van der Waals surface area contributed by atoms with Crippen molar-refractivity contribution in [3.05, 3.63) is 64.1 Å². The van der Waals surface area contributed by atoms with E-state index in [0.29, 0.717) is 21.3 Å². The molecule has 6 nitrogen and oxygen atoms in total. The number of ether oxygens (including phenoxy) is 1. The molecule has 2 rings (SSSR count). The van der Waals surface area contributed by atoms with E-state index in [1.807, 2.05) is 0 Å². The molecule has 0 saturated heterocycles. The molecule has 0 fully saturated rings. The van der Waals surface area contributed by atoms with E-state index in [2.05, 4.69) is 15.9 Å².